The standard InChI is InChI=1S/C19H26N4.HI/c1-15(2)18(16-8-4-3-5-9-16)14-23-19(20)22-13-11-17-10-6-7-12-21-17;/h3-10,12,15,18H,11,13-14H2,1-2H3,(H3,20,22,23);1H. The highest BCUT2D eigenvalue weighted by Crippen LogP contribution is 2.24. The topological polar surface area (TPSA) is 63.3 Å². The summed E-state index contributed by atoms with van der Waals surface area (Å²) in [6.07, 6.45) is 2.64. The van der Waals surface area contributed by atoms with Crippen LogP contribution in [0.5, 0.6) is 0 Å². The highest BCUT2D eigenvalue weighted by Gasteiger charge is 2.15. The molecule has 1 aromatic heterocycles. The van der Waals surface area contributed by atoms with Gasteiger partial charge in [-0.1, -0.05) is 50.2 Å². The van der Waals surface area contributed by atoms with Crippen molar-refractivity contribution in [3.63, 3.8) is 0 Å². The van der Waals surface area contributed by atoms with Gasteiger partial charge in [-0.25, -0.2) is 0 Å². The molecule has 0 saturated heterocycles. The van der Waals surface area contributed by atoms with Crippen LogP contribution in [-0.4, -0.2) is 24.0 Å². The quantitative estimate of drug-likeness (QED) is 0.395. The van der Waals surface area contributed by atoms with Gasteiger partial charge in [-0.3, -0.25) is 9.98 Å². The van der Waals surface area contributed by atoms with Gasteiger partial charge in [0.2, 0.25) is 0 Å². The molecule has 0 bridgehead atoms. The second-order valence-corrected chi connectivity index (χ2v) is 5.98. The summed E-state index contributed by atoms with van der Waals surface area (Å²) in [5, 5.41) is 3.16. The largest absolute Gasteiger partial charge is 0.370 e. The predicted octanol–water partition coefficient (Wildman–Crippen LogP) is 3.59. The molecule has 1 heterocycles. The predicted molar refractivity (Wildman–Crippen MR) is 112 cm³/mol. The number of pyridine rings is 1. The smallest absolute Gasteiger partial charge is 0.188 e. The van der Waals surface area contributed by atoms with E-state index in [-0.39, 0.29) is 24.0 Å². The highest BCUT2D eigenvalue weighted by atomic mass is 127. The molecule has 5 heteroatoms. The van der Waals surface area contributed by atoms with Crippen LogP contribution in [0.4, 0.5) is 0 Å². The number of rotatable bonds is 7. The molecule has 2 aromatic rings. The van der Waals surface area contributed by atoms with E-state index >= 15 is 0 Å². The van der Waals surface area contributed by atoms with Gasteiger partial charge in [-0.2, -0.15) is 0 Å². The number of benzene rings is 1. The number of hydrogen-bond acceptors (Lipinski definition) is 2. The maximum atomic E-state index is 5.98. The molecule has 0 aliphatic rings. The Kier molecular flexibility index (Phi) is 9.37. The van der Waals surface area contributed by atoms with Crippen LogP contribution in [0.2, 0.25) is 0 Å². The number of aromatic nitrogens is 1. The zero-order valence-electron chi connectivity index (χ0n) is 14.4. The molecule has 0 amide bonds. The van der Waals surface area contributed by atoms with Crippen LogP contribution in [0.1, 0.15) is 31.0 Å². The average molecular weight is 438 g/mol. The van der Waals surface area contributed by atoms with Gasteiger partial charge in [0, 0.05) is 37.3 Å². The second kappa shape index (κ2) is 11.0. The Bertz CT molecular complexity index is 599. The molecule has 0 aliphatic carbocycles. The van der Waals surface area contributed by atoms with E-state index in [9.17, 15) is 0 Å². The molecule has 130 valence electrons. The van der Waals surface area contributed by atoms with E-state index in [2.05, 4.69) is 53.4 Å². The zero-order valence-corrected chi connectivity index (χ0v) is 16.7. The maximum absolute atomic E-state index is 5.98. The van der Waals surface area contributed by atoms with Crippen LogP contribution in [0.25, 0.3) is 0 Å². The maximum Gasteiger partial charge on any atom is 0.188 e. The van der Waals surface area contributed by atoms with Crippen LogP contribution < -0.4 is 11.1 Å². The van der Waals surface area contributed by atoms with Gasteiger partial charge in [0.25, 0.3) is 0 Å². The summed E-state index contributed by atoms with van der Waals surface area (Å²) in [6, 6.07) is 16.4. The number of hydrogen-bond donors (Lipinski definition) is 2. The summed E-state index contributed by atoms with van der Waals surface area (Å²) in [5.41, 5.74) is 8.35. The minimum absolute atomic E-state index is 0. The van der Waals surface area contributed by atoms with Crippen molar-refractivity contribution in [2.24, 2.45) is 16.6 Å². The van der Waals surface area contributed by atoms with Gasteiger partial charge in [-0.15, -0.1) is 24.0 Å². The molecule has 1 unspecified atom stereocenters. The van der Waals surface area contributed by atoms with Gasteiger partial charge in [0.15, 0.2) is 5.96 Å². The van der Waals surface area contributed by atoms with Gasteiger partial charge < -0.3 is 11.1 Å². The molecule has 0 saturated carbocycles. The van der Waals surface area contributed by atoms with Crippen LogP contribution in [-0.2, 0) is 6.42 Å². The van der Waals surface area contributed by atoms with Gasteiger partial charge >= 0.3 is 0 Å². The Morgan fingerprint density at radius 3 is 2.46 bits per heavy atom. The SMILES string of the molecule is CC(C)C(CN=C(N)NCCc1ccccn1)c1ccccc1.I. The van der Waals surface area contributed by atoms with E-state index in [4.69, 9.17) is 5.73 Å². The summed E-state index contributed by atoms with van der Waals surface area (Å²) >= 11 is 0. The van der Waals surface area contributed by atoms with Crippen molar-refractivity contribution in [2.45, 2.75) is 26.2 Å². The molecule has 0 aliphatic heterocycles. The van der Waals surface area contributed by atoms with E-state index in [0.717, 1.165) is 18.7 Å². The summed E-state index contributed by atoms with van der Waals surface area (Å²) in [7, 11) is 0. The van der Waals surface area contributed by atoms with Crippen molar-refractivity contribution >= 4 is 29.9 Å². The molecule has 0 spiro atoms. The van der Waals surface area contributed by atoms with Crippen LogP contribution >= 0.6 is 24.0 Å². The molecule has 3 N–H and O–H groups in total. The monoisotopic (exact) mass is 438 g/mol. The first-order valence-electron chi connectivity index (χ1n) is 8.15. The minimum Gasteiger partial charge on any atom is -0.370 e. The van der Waals surface area contributed by atoms with Crippen molar-refractivity contribution in [1.29, 1.82) is 0 Å². The Labute approximate surface area is 162 Å². The fraction of sp³-hybridized carbons (Fsp3) is 0.368. The summed E-state index contributed by atoms with van der Waals surface area (Å²) in [4.78, 5) is 8.81. The lowest BCUT2D eigenvalue weighted by Gasteiger charge is -2.19. The second-order valence-electron chi connectivity index (χ2n) is 5.98. The van der Waals surface area contributed by atoms with Crippen molar-refractivity contribution in [2.75, 3.05) is 13.1 Å². The van der Waals surface area contributed by atoms with E-state index in [1.54, 1.807) is 6.20 Å². The first kappa shape index (κ1) is 20.4. The molecule has 4 nitrogen and oxygen atoms in total. The number of aliphatic imine (C=N–C) groups is 1. The van der Waals surface area contributed by atoms with Gasteiger partial charge in [0.1, 0.15) is 0 Å². The van der Waals surface area contributed by atoms with Crippen molar-refractivity contribution in [3.05, 3.63) is 66.0 Å². The molecule has 2 rings (SSSR count). The fourth-order valence-corrected chi connectivity index (χ4v) is 2.52. The third-order valence-electron chi connectivity index (χ3n) is 3.90. The van der Waals surface area contributed by atoms with E-state index in [0.29, 0.717) is 24.3 Å². The molecular formula is C19H27IN4. The molecule has 0 fully saturated rings. The van der Waals surface area contributed by atoms with Crippen molar-refractivity contribution in [1.82, 2.24) is 10.3 Å². The van der Waals surface area contributed by atoms with Crippen LogP contribution in [0.3, 0.4) is 0 Å². The Morgan fingerprint density at radius 2 is 1.83 bits per heavy atom. The normalized spacial score (nSPS) is 12.5. The molecular weight excluding hydrogens is 411 g/mol. The average Bonchev–Trinajstić information content (AvgIpc) is 2.57. The number of nitrogens with zero attached hydrogens (tertiary/aromatic N) is 2. The minimum atomic E-state index is 0. The lowest BCUT2D eigenvalue weighted by atomic mass is 9.88. The molecule has 0 radical (unpaired) electrons. The van der Waals surface area contributed by atoms with Gasteiger partial charge in [0.05, 0.1) is 0 Å². The van der Waals surface area contributed by atoms with Crippen LogP contribution in [0.15, 0.2) is 59.7 Å². The number of nitrogens with two attached hydrogens (primary N) is 1. The van der Waals surface area contributed by atoms with Crippen LogP contribution in [0, 0.1) is 5.92 Å². The Balaban J connectivity index is 0.00000288. The molecule has 1 aromatic carbocycles. The van der Waals surface area contributed by atoms with E-state index in [1.165, 1.54) is 5.56 Å². The van der Waals surface area contributed by atoms with E-state index in [1.807, 2.05) is 24.3 Å². The third kappa shape index (κ3) is 6.86. The fourth-order valence-electron chi connectivity index (χ4n) is 2.52. The van der Waals surface area contributed by atoms with E-state index < -0.39 is 0 Å². The Hall–Kier alpha value is -1.63. The number of guanidine groups is 1. The number of halogens is 1. The summed E-state index contributed by atoms with van der Waals surface area (Å²) < 4.78 is 0. The van der Waals surface area contributed by atoms with Crippen molar-refractivity contribution < 1.29 is 0 Å². The lowest BCUT2D eigenvalue weighted by Crippen LogP contribution is -2.34. The first-order chi connectivity index (χ1) is 11.2. The Morgan fingerprint density at radius 1 is 1.12 bits per heavy atom. The molecule has 1 atom stereocenters. The van der Waals surface area contributed by atoms with Crippen molar-refractivity contribution in [3.8, 4) is 0 Å². The van der Waals surface area contributed by atoms with Gasteiger partial charge in [-0.05, 0) is 23.6 Å². The highest BCUT2D eigenvalue weighted by molar-refractivity contribution is 14.0. The number of nitrogens with one attached hydrogen (secondary N) is 1. The zero-order chi connectivity index (χ0) is 16.5. The summed E-state index contributed by atoms with van der Waals surface area (Å²) in [5.74, 6) is 1.40. The molecule has 24 heavy (non-hydrogen) atoms. The lowest BCUT2D eigenvalue weighted by molar-refractivity contribution is 0.506. The summed E-state index contributed by atoms with van der Waals surface area (Å²) in [6.45, 7) is 5.88. The first-order valence-corrected chi connectivity index (χ1v) is 8.15. The third-order valence-corrected chi connectivity index (χ3v) is 3.90.